The summed E-state index contributed by atoms with van der Waals surface area (Å²) >= 11 is 0. The summed E-state index contributed by atoms with van der Waals surface area (Å²) in [7, 11) is 1.68. The minimum Gasteiger partial charge on any atom is -0.508 e. The fraction of sp³-hybridized carbons (Fsp3) is 0.394. The van der Waals surface area contributed by atoms with Crippen molar-refractivity contribution >= 4 is 11.8 Å². The number of aryl methyl sites for hydroxylation is 3. The molecule has 1 atom stereocenters. The highest BCUT2D eigenvalue weighted by atomic mass is 19.1. The molecule has 2 aromatic carbocycles. The van der Waals surface area contributed by atoms with Crippen LogP contribution in [0.5, 0.6) is 5.75 Å². The molecule has 5 nitrogen and oxygen atoms in total. The molecule has 1 saturated carbocycles. The van der Waals surface area contributed by atoms with E-state index in [1.807, 2.05) is 6.92 Å². The third-order valence-electron chi connectivity index (χ3n) is 6.54. The normalized spacial score (nSPS) is 13.5. The number of hydrogen-bond donors (Lipinski definition) is 1. The van der Waals surface area contributed by atoms with Gasteiger partial charge in [0.25, 0.3) is 0 Å². The number of aromatic hydroxyl groups is 1. The number of hydrogen-bond acceptors (Lipinski definition) is 3. The zero-order chi connectivity index (χ0) is 29.1. The van der Waals surface area contributed by atoms with Crippen LogP contribution in [0.4, 0.5) is 4.39 Å². The van der Waals surface area contributed by atoms with Crippen LogP contribution in [0, 0.1) is 19.7 Å². The summed E-state index contributed by atoms with van der Waals surface area (Å²) in [5.41, 5.74) is 3.49. The molecule has 1 aliphatic carbocycles. The first-order valence-electron chi connectivity index (χ1n) is 13.6. The van der Waals surface area contributed by atoms with Gasteiger partial charge in [-0.3, -0.25) is 9.59 Å². The lowest BCUT2D eigenvalue weighted by Crippen LogP contribution is -2.46. The molecule has 39 heavy (non-hydrogen) atoms. The van der Waals surface area contributed by atoms with Crippen LogP contribution in [0.3, 0.4) is 0 Å². The van der Waals surface area contributed by atoms with E-state index in [2.05, 4.69) is 27.0 Å². The van der Waals surface area contributed by atoms with Crippen LogP contribution in [0.2, 0.25) is 0 Å². The summed E-state index contributed by atoms with van der Waals surface area (Å²) in [6, 6.07) is 8.87. The van der Waals surface area contributed by atoms with Gasteiger partial charge in [-0.15, -0.1) is 0 Å². The minimum atomic E-state index is -0.931. The van der Waals surface area contributed by atoms with Crippen LogP contribution in [-0.4, -0.2) is 46.4 Å². The zero-order valence-corrected chi connectivity index (χ0v) is 24.0. The number of carbonyl (C=O) groups is 2. The average molecular weight is 535 g/mol. The lowest BCUT2D eigenvalue weighted by molar-refractivity contribution is -0.146. The maximum Gasteiger partial charge on any atom is 0.250 e. The van der Waals surface area contributed by atoms with Crippen molar-refractivity contribution in [1.29, 1.82) is 0 Å². The van der Waals surface area contributed by atoms with Gasteiger partial charge in [-0.05, 0) is 79.1 Å². The predicted molar refractivity (Wildman–Crippen MR) is 157 cm³/mol. The molecule has 6 heteroatoms. The van der Waals surface area contributed by atoms with Gasteiger partial charge in [0.1, 0.15) is 17.6 Å². The lowest BCUT2D eigenvalue weighted by Gasteiger charge is -2.35. The van der Waals surface area contributed by atoms with Gasteiger partial charge in [0.15, 0.2) is 0 Å². The number of allylic oxidation sites excluding steroid dienone is 2. The van der Waals surface area contributed by atoms with Crippen molar-refractivity contribution in [1.82, 2.24) is 9.80 Å². The largest absolute Gasteiger partial charge is 0.508 e. The van der Waals surface area contributed by atoms with Gasteiger partial charge in [0.05, 0.1) is 0 Å². The molecule has 0 bridgehead atoms. The van der Waals surface area contributed by atoms with Gasteiger partial charge in [-0.1, -0.05) is 69.9 Å². The quantitative estimate of drug-likeness (QED) is 0.316. The molecule has 2 aromatic rings. The van der Waals surface area contributed by atoms with Crippen molar-refractivity contribution in [3.8, 4) is 5.75 Å². The summed E-state index contributed by atoms with van der Waals surface area (Å²) in [6.07, 6.45) is 8.62. The molecule has 1 fully saturated rings. The Hall–Kier alpha value is -3.67. The number of halogens is 1. The van der Waals surface area contributed by atoms with E-state index in [1.54, 1.807) is 72.3 Å². The molecule has 1 aliphatic rings. The molecule has 1 N–H and O–H groups in total. The molecule has 0 aliphatic heterocycles. The maximum atomic E-state index is 14.8. The number of nitrogens with zero attached hydrogens (tertiary/aromatic N) is 2. The maximum absolute atomic E-state index is 14.8. The van der Waals surface area contributed by atoms with Crippen molar-refractivity contribution in [2.45, 2.75) is 71.9 Å². The Balaban J connectivity index is 0.00000170. The highest BCUT2D eigenvalue weighted by Gasteiger charge is 2.42. The standard InChI is InChI=1S/C30H35FN2O3.C3H8/c1-6-8-22(7-2)19-32(5)30(36)29(26-18-27(31)21(4)17-20(26)3)33(24-12-13-24)28(35)16-11-23-9-14-25(34)15-10-23;1-3-2/h6-10,14-15,17-18,24,29,34H,1-2,11-13,16,19H2,3-5H3;3H2,1-2H3/b22-8+;. The molecule has 0 aromatic heterocycles. The van der Waals surface area contributed by atoms with Crippen LogP contribution >= 0.6 is 0 Å². The van der Waals surface area contributed by atoms with E-state index >= 15 is 0 Å². The van der Waals surface area contributed by atoms with Gasteiger partial charge in [-0.25, -0.2) is 4.39 Å². The van der Waals surface area contributed by atoms with Crippen molar-refractivity contribution in [3.05, 3.63) is 101 Å². The third-order valence-corrected chi connectivity index (χ3v) is 6.54. The van der Waals surface area contributed by atoms with Gasteiger partial charge < -0.3 is 14.9 Å². The van der Waals surface area contributed by atoms with Crippen molar-refractivity contribution in [2.24, 2.45) is 0 Å². The molecule has 0 saturated heterocycles. The van der Waals surface area contributed by atoms with Gasteiger partial charge in [0, 0.05) is 26.1 Å². The molecule has 0 spiro atoms. The smallest absolute Gasteiger partial charge is 0.250 e. The molecule has 1 unspecified atom stereocenters. The Kier molecular flexibility index (Phi) is 12.2. The highest BCUT2D eigenvalue weighted by Crippen LogP contribution is 2.38. The first kappa shape index (κ1) is 31.5. The molecular weight excluding hydrogens is 491 g/mol. The molecular formula is C33H43FN2O3. The fourth-order valence-electron chi connectivity index (χ4n) is 4.39. The van der Waals surface area contributed by atoms with Crippen LogP contribution in [0.25, 0.3) is 0 Å². The number of carbonyl (C=O) groups excluding carboxylic acids is 2. The van der Waals surface area contributed by atoms with Crippen LogP contribution in [0.1, 0.15) is 67.8 Å². The van der Waals surface area contributed by atoms with E-state index in [1.165, 1.54) is 12.5 Å². The summed E-state index contributed by atoms with van der Waals surface area (Å²) < 4.78 is 14.8. The highest BCUT2D eigenvalue weighted by molar-refractivity contribution is 5.89. The average Bonchev–Trinajstić information content (AvgIpc) is 3.74. The second kappa shape index (κ2) is 15.1. The third kappa shape index (κ3) is 8.95. The number of phenols is 1. The van der Waals surface area contributed by atoms with E-state index in [0.717, 1.165) is 29.5 Å². The lowest BCUT2D eigenvalue weighted by atomic mass is 9.95. The Morgan fingerprint density at radius 3 is 2.26 bits per heavy atom. The molecule has 3 rings (SSSR count). The summed E-state index contributed by atoms with van der Waals surface area (Å²) in [6.45, 7) is 15.6. The van der Waals surface area contributed by atoms with Crippen LogP contribution < -0.4 is 0 Å². The topological polar surface area (TPSA) is 60.9 Å². The number of rotatable bonds is 11. The van der Waals surface area contributed by atoms with E-state index in [-0.39, 0.29) is 30.0 Å². The molecule has 0 radical (unpaired) electrons. The first-order valence-corrected chi connectivity index (χ1v) is 13.6. The van der Waals surface area contributed by atoms with E-state index in [4.69, 9.17) is 0 Å². The Morgan fingerprint density at radius 2 is 1.72 bits per heavy atom. The Morgan fingerprint density at radius 1 is 1.10 bits per heavy atom. The predicted octanol–water partition coefficient (Wildman–Crippen LogP) is 6.99. The summed E-state index contributed by atoms with van der Waals surface area (Å²) in [4.78, 5) is 30.8. The minimum absolute atomic E-state index is 0.0639. The Bertz CT molecular complexity index is 1180. The van der Waals surface area contributed by atoms with Gasteiger partial charge in [-0.2, -0.15) is 0 Å². The summed E-state index contributed by atoms with van der Waals surface area (Å²) in [5.74, 6) is -0.660. The Labute approximate surface area is 233 Å². The molecule has 2 amide bonds. The molecule has 0 heterocycles. The van der Waals surface area contributed by atoms with Crippen LogP contribution in [-0.2, 0) is 16.0 Å². The number of benzene rings is 2. The van der Waals surface area contributed by atoms with Gasteiger partial charge in [0.2, 0.25) is 11.8 Å². The second-order valence-electron chi connectivity index (χ2n) is 10.1. The van der Waals surface area contributed by atoms with Crippen LogP contribution in [0.15, 0.2) is 73.4 Å². The summed E-state index contributed by atoms with van der Waals surface area (Å²) in [5, 5.41) is 9.53. The van der Waals surface area contributed by atoms with Crippen molar-refractivity contribution in [3.63, 3.8) is 0 Å². The molecule has 210 valence electrons. The first-order chi connectivity index (χ1) is 18.6. The number of likely N-dealkylation sites (N-methyl/N-ethyl adjacent to an activating group) is 1. The fourth-order valence-corrected chi connectivity index (χ4v) is 4.39. The number of amides is 2. The van der Waals surface area contributed by atoms with Crippen molar-refractivity contribution < 1.29 is 19.1 Å². The zero-order valence-electron chi connectivity index (χ0n) is 24.0. The van der Waals surface area contributed by atoms with Gasteiger partial charge >= 0.3 is 0 Å². The second-order valence-corrected chi connectivity index (χ2v) is 10.1. The monoisotopic (exact) mass is 534 g/mol. The SMILES string of the molecule is C=C/C=C(\C=C)CN(C)C(=O)C(c1cc(F)c(C)cc1C)N(C(=O)CCc1ccc(O)cc1)C1CC1.CCC. The van der Waals surface area contributed by atoms with E-state index in [0.29, 0.717) is 24.1 Å². The number of phenolic OH excluding ortho intramolecular Hbond substituents is 1. The van der Waals surface area contributed by atoms with E-state index < -0.39 is 11.9 Å². The van der Waals surface area contributed by atoms with Crippen molar-refractivity contribution in [2.75, 3.05) is 13.6 Å². The van der Waals surface area contributed by atoms with E-state index in [9.17, 15) is 19.1 Å².